The molecule has 0 spiro atoms. The zero-order valence-corrected chi connectivity index (χ0v) is 9.95. The summed E-state index contributed by atoms with van der Waals surface area (Å²) in [4.78, 5) is 11.3. The van der Waals surface area contributed by atoms with E-state index in [0.29, 0.717) is 0 Å². The van der Waals surface area contributed by atoms with E-state index in [1.165, 1.54) is 25.3 Å². The predicted molar refractivity (Wildman–Crippen MR) is 61.7 cm³/mol. The highest BCUT2D eigenvalue weighted by Gasteiger charge is 2.56. The first-order valence-electron chi connectivity index (χ1n) is 6.47. The second-order valence-corrected chi connectivity index (χ2v) is 6.14. The largest absolute Gasteiger partial charge is 0.456 e. The minimum atomic E-state index is -0.255. The summed E-state index contributed by atoms with van der Waals surface area (Å²) in [5.41, 5.74) is -0.206. The Bertz CT molecular complexity index is 316. The van der Waals surface area contributed by atoms with Crippen LogP contribution in [0.2, 0.25) is 0 Å². The molecule has 0 N–H and O–H groups in total. The number of carbonyl (C=O) groups is 1. The van der Waals surface area contributed by atoms with Gasteiger partial charge in [-0.15, -0.1) is 0 Å². The molecule has 2 bridgehead atoms. The number of esters is 1. The van der Waals surface area contributed by atoms with Gasteiger partial charge in [0.1, 0.15) is 5.60 Å². The summed E-state index contributed by atoms with van der Waals surface area (Å²) in [7, 11) is 0. The van der Waals surface area contributed by atoms with E-state index in [-0.39, 0.29) is 11.6 Å². The molecule has 0 aromatic carbocycles. The van der Waals surface area contributed by atoms with Crippen molar-refractivity contribution in [3.63, 3.8) is 0 Å². The van der Waals surface area contributed by atoms with Gasteiger partial charge in [0, 0.05) is 6.08 Å². The molecule has 3 fully saturated rings. The summed E-state index contributed by atoms with van der Waals surface area (Å²) < 4.78 is 5.55. The van der Waals surface area contributed by atoms with Crippen LogP contribution in [-0.2, 0) is 9.53 Å². The molecule has 88 valence electrons. The lowest BCUT2D eigenvalue weighted by Gasteiger charge is -2.25. The van der Waals surface area contributed by atoms with Crippen LogP contribution in [0.3, 0.4) is 0 Å². The molecular formula is C14H20O2. The summed E-state index contributed by atoms with van der Waals surface area (Å²) >= 11 is 0. The van der Waals surface area contributed by atoms with Crippen molar-refractivity contribution in [1.29, 1.82) is 0 Å². The molecule has 0 aromatic rings. The Morgan fingerprint density at radius 1 is 1.31 bits per heavy atom. The van der Waals surface area contributed by atoms with E-state index in [1.807, 2.05) is 0 Å². The summed E-state index contributed by atoms with van der Waals surface area (Å²) in [5, 5.41) is 0. The topological polar surface area (TPSA) is 26.3 Å². The van der Waals surface area contributed by atoms with Gasteiger partial charge in [-0.05, 0) is 62.7 Å². The van der Waals surface area contributed by atoms with Crippen molar-refractivity contribution in [2.24, 2.45) is 23.7 Å². The molecule has 3 saturated carbocycles. The van der Waals surface area contributed by atoms with Crippen molar-refractivity contribution < 1.29 is 9.53 Å². The molecule has 3 rings (SSSR count). The fourth-order valence-corrected chi connectivity index (χ4v) is 4.61. The Morgan fingerprint density at radius 3 is 2.38 bits per heavy atom. The van der Waals surface area contributed by atoms with Crippen molar-refractivity contribution in [2.75, 3.05) is 0 Å². The molecule has 0 radical (unpaired) electrons. The second-order valence-electron chi connectivity index (χ2n) is 6.14. The molecule has 0 heterocycles. The first-order chi connectivity index (χ1) is 7.61. The van der Waals surface area contributed by atoms with Crippen LogP contribution in [0, 0.1) is 23.7 Å². The van der Waals surface area contributed by atoms with E-state index < -0.39 is 0 Å². The summed E-state index contributed by atoms with van der Waals surface area (Å²) in [6.45, 7) is 5.58. The van der Waals surface area contributed by atoms with Crippen LogP contribution in [0.25, 0.3) is 0 Å². The molecule has 2 heteroatoms. The van der Waals surface area contributed by atoms with Crippen molar-refractivity contribution in [3.05, 3.63) is 12.7 Å². The molecule has 16 heavy (non-hydrogen) atoms. The smallest absolute Gasteiger partial charge is 0.330 e. The zero-order valence-electron chi connectivity index (χ0n) is 9.95. The van der Waals surface area contributed by atoms with Crippen molar-refractivity contribution in [1.82, 2.24) is 0 Å². The van der Waals surface area contributed by atoms with Gasteiger partial charge < -0.3 is 4.74 Å². The lowest BCUT2D eigenvalue weighted by Crippen LogP contribution is -2.29. The van der Waals surface area contributed by atoms with Gasteiger partial charge in [-0.2, -0.15) is 0 Å². The lowest BCUT2D eigenvalue weighted by molar-refractivity contribution is -0.151. The van der Waals surface area contributed by atoms with Gasteiger partial charge in [-0.1, -0.05) is 6.58 Å². The molecule has 3 aliphatic carbocycles. The standard InChI is InChI=1S/C14H20O2/c1-3-13(15)16-14(2)7-11-9-4-5-10(6-9)12(11)8-14/h3,9-12H,1,4-8H2,2H3. The van der Waals surface area contributed by atoms with E-state index in [4.69, 9.17) is 4.74 Å². The predicted octanol–water partition coefficient (Wildman–Crippen LogP) is 2.93. The average molecular weight is 220 g/mol. The Labute approximate surface area is 97.1 Å². The first kappa shape index (κ1) is 10.4. The van der Waals surface area contributed by atoms with Crippen LogP contribution < -0.4 is 0 Å². The Balaban J connectivity index is 1.73. The average Bonchev–Trinajstić information content (AvgIpc) is 2.87. The van der Waals surface area contributed by atoms with Gasteiger partial charge in [0.2, 0.25) is 0 Å². The van der Waals surface area contributed by atoms with Crippen LogP contribution in [-0.4, -0.2) is 11.6 Å². The third kappa shape index (κ3) is 1.42. The number of rotatable bonds is 2. The Kier molecular flexibility index (Phi) is 2.17. The van der Waals surface area contributed by atoms with Gasteiger partial charge >= 0.3 is 5.97 Å². The maximum atomic E-state index is 11.3. The monoisotopic (exact) mass is 220 g/mol. The maximum Gasteiger partial charge on any atom is 0.330 e. The van der Waals surface area contributed by atoms with Gasteiger partial charge in [-0.25, -0.2) is 4.79 Å². The van der Waals surface area contributed by atoms with Gasteiger partial charge in [0.05, 0.1) is 0 Å². The Morgan fingerprint density at radius 2 is 1.88 bits per heavy atom. The maximum absolute atomic E-state index is 11.3. The number of hydrogen-bond donors (Lipinski definition) is 0. The molecule has 0 amide bonds. The van der Waals surface area contributed by atoms with E-state index >= 15 is 0 Å². The van der Waals surface area contributed by atoms with Crippen molar-refractivity contribution >= 4 is 5.97 Å². The highest BCUT2D eigenvalue weighted by Crippen LogP contribution is 2.61. The van der Waals surface area contributed by atoms with Crippen molar-refractivity contribution in [3.8, 4) is 0 Å². The zero-order chi connectivity index (χ0) is 11.3. The fourth-order valence-electron chi connectivity index (χ4n) is 4.61. The molecule has 0 saturated heterocycles. The van der Waals surface area contributed by atoms with E-state index in [9.17, 15) is 4.79 Å². The molecule has 0 aromatic heterocycles. The molecule has 2 nitrogen and oxygen atoms in total. The third-order valence-corrected chi connectivity index (χ3v) is 5.12. The fraction of sp³-hybridized carbons (Fsp3) is 0.786. The van der Waals surface area contributed by atoms with E-state index in [2.05, 4.69) is 13.5 Å². The molecule has 4 unspecified atom stereocenters. The highest BCUT2D eigenvalue weighted by atomic mass is 16.6. The molecule has 4 atom stereocenters. The number of fused-ring (bicyclic) bond motifs is 5. The lowest BCUT2D eigenvalue weighted by atomic mass is 9.82. The highest BCUT2D eigenvalue weighted by molar-refractivity contribution is 5.81. The number of hydrogen-bond acceptors (Lipinski definition) is 2. The molecular weight excluding hydrogens is 200 g/mol. The second kappa shape index (κ2) is 3.35. The normalized spacial score (nSPS) is 49.1. The number of carbonyl (C=O) groups excluding carboxylic acids is 1. The molecule has 3 aliphatic rings. The van der Waals surface area contributed by atoms with Crippen LogP contribution in [0.1, 0.15) is 39.0 Å². The summed E-state index contributed by atoms with van der Waals surface area (Å²) in [6.07, 6.45) is 7.72. The van der Waals surface area contributed by atoms with Crippen LogP contribution in [0.15, 0.2) is 12.7 Å². The summed E-state index contributed by atoms with van der Waals surface area (Å²) in [6, 6.07) is 0. The minimum Gasteiger partial charge on any atom is -0.456 e. The van der Waals surface area contributed by atoms with E-state index in [0.717, 1.165) is 36.5 Å². The van der Waals surface area contributed by atoms with Crippen LogP contribution >= 0.6 is 0 Å². The van der Waals surface area contributed by atoms with Crippen LogP contribution in [0.5, 0.6) is 0 Å². The third-order valence-electron chi connectivity index (χ3n) is 5.12. The molecule has 0 aliphatic heterocycles. The van der Waals surface area contributed by atoms with Crippen molar-refractivity contribution in [2.45, 2.75) is 44.6 Å². The quantitative estimate of drug-likeness (QED) is 0.528. The minimum absolute atomic E-state index is 0.206. The SMILES string of the molecule is C=CC(=O)OC1(C)CC2C3CCC(C3)C2C1. The van der Waals surface area contributed by atoms with Gasteiger partial charge in [-0.3, -0.25) is 0 Å². The van der Waals surface area contributed by atoms with Crippen LogP contribution in [0.4, 0.5) is 0 Å². The Hall–Kier alpha value is -0.790. The first-order valence-corrected chi connectivity index (χ1v) is 6.47. The summed E-state index contributed by atoms with van der Waals surface area (Å²) in [5.74, 6) is 3.27. The van der Waals surface area contributed by atoms with Gasteiger partial charge in [0.15, 0.2) is 0 Å². The van der Waals surface area contributed by atoms with Gasteiger partial charge in [0.25, 0.3) is 0 Å². The van der Waals surface area contributed by atoms with E-state index in [1.54, 1.807) is 0 Å². The number of ether oxygens (including phenoxy) is 1.